The number of rotatable bonds is 2. The lowest BCUT2D eigenvalue weighted by atomic mass is 10.1. The number of hydrogen-bond acceptors (Lipinski definition) is 2. The average molecular weight is 219 g/mol. The van der Waals surface area contributed by atoms with Crippen LogP contribution in [0.5, 0.6) is 0 Å². The van der Waals surface area contributed by atoms with Gasteiger partial charge in [-0.1, -0.05) is 11.6 Å². The fourth-order valence-electron chi connectivity index (χ4n) is 1.00. The van der Waals surface area contributed by atoms with Crippen LogP contribution in [0.1, 0.15) is 17.2 Å². The summed E-state index contributed by atoms with van der Waals surface area (Å²) in [5, 5.41) is 17.8. The van der Waals surface area contributed by atoms with Crippen LogP contribution in [0.2, 0.25) is 5.02 Å². The zero-order valence-corrected chi connectivity index (χ0v) is 8.05. The van der Waals surface area contributed by atoms with Gasteiger partial charge in [0.2, 0.25) is 0 Å². The number of carboxylic acid groups (broad SMARTS) is 1. The van der Waals surface area contributed by atoms with Gasteiger partial charge in [0.25, 0.3) is 0 Å². The van der Waals surface area contributed by atoms with Crippen LogP contribution in [0.3, 0.4) is 0 Å². The third-order valence-electron chi connectivity index (χ3n) is 1.81. The molecule has 0 amide bonds. The zero-order valence-electron chi connectivity index (χ0n) is 7.29. The number of benzene rings is 1. The van der Waals surface area contributed by atoms with E-state index in [4.69, 9.17) is 21.8 Å². The Hall–Kier alpha value is -1.13. The van der Waals surface area contributed by atoms with Gasteiger partial charge >= 0.3 is 5.97 Å². The van der Waals surface area contributed by atoms with Gasteiger partial charge in [-0.15, -0.1) is 0 Å². The molecular weight excluding hydrogens is 211 g/mol. The molecule has 2 N–H and O–H groups in total. The molecule has 0 spiro atoms. The maximum absolute atomic E-state index is 13.2. The van der Waals surface area contributed by atoms with Gasteiger partial charge in [0.05, 0.1) is 0 Å². The molecule has 0 radical (unpaired) electrons. The van der Waals surface area contributed by atoms with E-state index >= 15 is 0 Å². The summed E-state index contributed by atoms with van der Waals surface area (Å²) in [6.07, 6.45) is -1.88. The van der Waals surface area contributed by atoms with E-state index in [-0.39, 0.29) is 10.6 Å². The topological polar surface area (TPSA) is 57.5 Å². The number of halogens is 2. The maximum Gasteiger partial charge on any atom is 0.337 e. The van der Waals surface area contributed by atoms with Crippen molar-refractivity contribution in [3.8, 4) is 0 Å². The molecule has 0 heterocycles. The molecule has 14 heavy (non-hydrogen) atoms. The van der Waals surface area contributed by atoms with Crippen LogP contribution in [-0.4, -0.2) is 16.2 Å². The van der Waals surface area contributed by atoms with Crippen molar-refractivity contribution in [2.75, 3.05) is 0 Å². The normalized spacial score (nSPS) is 12.6. The van der Waals surface area contributed by atoms with Crippen molar-refractivity contribution >= 4 is 17.6 Å². The molecule has 0 aliphatic carbocycles. The largest absolute Gasteiger partial charge is 0.479 e. The summed E-state index contributed by atoms with van der Waals surface area (Å²) in [6, 6.07) is 2.20. The van der Waals surface area contributed by atoms with Gasteiger partial charge in [-0.2, -0.15) is 0 Å². The van der Waals surface area contributed by atoms with Crippen LogP contribution in [0.4, 0.5) is 4.39 Å². The van der Waals surface area contributed by atoms with Gasteiger partial charge in [-0.25, -0.2) is 9.18 Å². The van der Waals surface area contributed by atoms with Crippen LogP contribution in [0.25, 0.3) is 0 Å². The second-order valence-corrected chi connectivity index (χ2v) is 3.27. The number of aryl methyl sites for hydroxylation is 1. The summed E-state index contributed by atoms with van der Waals surface area (Å²) in [5.74, 6) is -2.29. The highest BCUT2D eigenvalue weighted by atomic mass is 35.5. The Morgan fingerprint density at radius 1 is 1.57 bits per heavy atom. The SMILES string of the molecule is Cc1cc(F)c(C(O)C(=O)O)cc1Cl. The monoisotopic (exact) mass is 218 g/mol. The first-order valence-electron chi connectivity index (χ1n) is 3.80. The number of aliphatic carboxylic acids is 1. The van der Waals surface area contributed by atoms with E-state index in [1.165, 1.54) is 0 Å². The Morgan fingerprint density at radius 2 is 2.14 bits per heavy atom. The molecule has 5 heteroatoms. The minimum Gasteiger partial charge on any atom is -0.479 e. The Bertz CT molecular complexity index is 379. The summed E-state index contributed by atoms with van der Waals surface area (Å²) in [5.41, 5.74) is 0.165. The number of carboxylic acids is 1. The fraction of sp³-hybridized carbons (Fsp3) is 0.222. The lowest BCUT2D eigenvalue weighted by Gasteiger charge is -2.08. The molecule has 1 aromatic rings. The minimum atomic E-state index is -1.88. The highest BCUT2D eigenvalue weighted by Crippen LogP contribution is 2.24. The second-order valence-electron chi connectivity index (χ2n) is 2.86. The zero-order chi connectivity index (χ0) is 10.9. The van der Waals surface area contributed by atoms with E-state index in [2.05, 4.69) is 0 Å². The Balaban J connectivity index is 3.22. The second kappa shape index (κ2) is 3.94. The Kier molecular flexibility index (Phi) is 3.08. The molecule has 0 fully saturated rings. The summed E-state index contributed by atoms with van der Waals surface area (Å²) in [7, 11) is 0. The Labute approximate surface area is 84.7 Å². The van der Waals surface area contributed by atoms with Crippen LogP contribution in [0, 0.1) is 12.7 Å². The van der Waals surface area contributed by atoms with Crippen molar-refractivity contribution in [3.63, 3.8) is 0 Å². The van der Waals surface area contributed by atoms with Crippen molar-refractivity contribution < 1.29 is 19.4 Å². The van der Waals surface area contributed by atoms with E-state index in [0.717, 1.165) is 12.1 Å². The molecule has 1 aromatic carbocycles. The molecule has 0 saturated carbocycles. The van der Waals surface area contributed by atoms with Crippen LogP contribution >= 0.6 is 11.6 Å². The highest BCUT2D eigenvalue weighted by molar-refractivity contribution is 6.31. The van der Waals surface area contributed by atoms with Crippen molar-refractivity contribution in [3.05, 3.63) is 34.1 Å². The van der Waals surface area contributed by atoms with E-state index in [1.807, 2.05) is 0 Å². The number of carbonyl (C=O) groups is 1. The predicted octanol–water partition coefficient (Wildman–Crippen LogP) is 1.91. The van der Waals surface area contributed by atoms with Crippen LogP contribution in [0.15, 0.2) is 12.1 Å². The summed E-state index contributed by atoms with van der Waals surface area (Å²) < 4.78 is 13.2. The molecule has 0 saturated heterocycles. The lowest BCUT2D eigenvalue weighted by Crippen LogP contribution is -2.12. The smallest absolute Gasteiger partial charge is 0.337 e. The molecule has 1 atom stereocenters. The van der Waals surface area contributed by atoms with E-state index in [9.17, 15) is 9.18 Å². The van der Waals surface area contributed by atoms with Crippen molar-refractivity contribution in [1.82, 2.24) is 0 Å². The first kappa shape index (κ1) is 10.9. The van der Waals surface area contributed by atoms with Crippen molar-refractivity contribution in [1.29, 1.82) is 0 Å². The number of aliphatic hydroxyl groups is 1. The molecule has 0 aliphatic heterocycles. The number of aliphatic hydroxyl groups excluding tert-OH is 1. The van der Waals surface area contributed by atoms with Gasteiger partial charge in [0.1, 0.15) is 5.82 Å². The first-order valence-corrected chi connectivity index (χ1v) is 4.17. The molecule has 76 valence electrons. The molecule has 0 aliphatic rings. The molecule has 1 rings (SSSR count). The predicted molar refractivity (Wildman–Crippen MR) is 48.7 cm³/mol. The van der Waals surface area contributed by atoms with E-state index in [0.29, 0.717) is 5.56 Å². The molecule has 0 aromatic heterocycles. The van der Waals surface area contributed by atoms with Crippen molar-refractivity contribution in [2.45, 2.75) is 13.0 Å². The third kappa shape index (κ3) is 2.02. The first-order chi connectivity index (χ1) is 6.43. The third-order valence-corrected chi connectivity index (χ3v) is 2.21. The number of hydrogen-bond donors (Lipinski definition) is 2. The van der Waals surface area contributed by atoms with E-state index in [1.54, 1.807) is 6.92 Å². The standard InChI is InChI=1S/C9H8ClFO3/c1-4-2-7(11)5(3-6(4)10)8(12)9(13)14/h2-3,8,12H,1H3,(H,13,14). The molecule has 0 bridgehead atoms. The van der Waals surface area contributed by atoms with Crippen LogP contribution in [-0.2, 0) is 4.79 Å². The van der Waals surface area contributed by atoms with Crippen molar-refractivity contribution in [2.24, 2.45) is 0 Å². The molecule has 3 nitrogen and oxygen atoms in total. The summed E-state index contributed by atoms with van der Waals surface area (Å²) in [4.78, 5) is 10.4. The molecule has 1 unspecified atom stereocenters. The van der Waals surface area contributed by atoms with Gasteiger partial charge in [-0.3, -0.25) is 0 Å². The van der Waals surface area contributed by atoms with Gasteiger partial charge in [-0.05, 0) is 24.6 Å². The van der Waals surface area contributed by atoms with Gasteiger partial charge < -0.3 is 10.2 Å². The fourth-order valence-corrected chi connectivity index (χ4v) is 1.18. The summed E-state index contributed by atoms with van der Waals surface area (Å²) >= 11 is 5.66. The maximum atomic E-state index is 13.2. The Morgan fingerprint density at radius 3 is 2.64 bits per heavy atom. The van der Waals surface area contributed by atoms with Gasteiger partial charge in [0.15, 0.2) is 6.10 Å². The molecular formula is C9H8ClFO3. The van der Waals surface area contributed by atoms with Gasteiger partial charge in [0, 0.05) is 10.6 Å². The average Bonchev–Trinajstić information content (AvgIpc) is 2.10. The summed E-state index contributed by atoms with van der Waals surface area (Å²) in [6.45, 7) is 1.59. The highest BCUT2D eigenvalue weighted by Gasteiger charge is 2.20. The lowest BCUT2D eigenvalue weighted by molar-refractivity contribution is -0.147. The van der Waals surface area contributed by atoms with E-state index < -0.39 is 17.9 Å². The quantitative estimate of drug-likeness (QED) is 0.797. The van der Waals surface area contributed by atoms with Crippen LogP contribution < -0.4 is 0 Å². The minimum absolute atomic E-state index is 0.224.